The van der Waals surface area contributed by atoms with Crippen LogP contribution in [-0.2, 0) is 10.0 Å². The molecule has 0 aromatic heterocycles. The summed E-state index contributed by atoms with van der Waals surface area (Å²) in [6.45, 7) is 0. The summed E-state index contributed by atoms with van der Waals surface area (Å²) < 4.78 is 23.9. The second-order valence-corrected chi connectivity index (χ2v) is 4.62. The summed E-state index contributed by atoms with van der Waals surface area (Å²) in [6.07, 6.45) is 1.10. The molecule has 0 fully saturated rings. The second-order valence-electron chi connectivity index (χ2n) is 2.40. The lowest BCUT2D eigenvalue weighted by atomic mass is 10.3. The molecular weight excluding hydrogens is 194 g/mol. The van der Waals surface area contributed by atoms with Crippen molar-refractivity contribution in [1.82, 2.24) is 0 Å². The number of nitrogens with one attached hydrogen (secondary N) is 1. The van der Waals surface area contributed by atoms with Gasteiger partial charge >= 0.3 is 0 Å². The van der Waals surface area contributed by atoms with Gasteiger partial charge in [0.15, 0.2) is 0 Å². The van der Waals surface area contributed by atoms with Gasteiger partial charge in [-0.2, -0.15) is 0 Å². The van der Waals surface area contributed by atoms with Gasteiger partial charge in [-0.05, 0) is 18.2 Å². The molecule has 0 amide bonds. The first kappa shape index (κ1) is 9.28. The van der Waals surface area contributed by atoms with Gasteiger partial charge < -0.3 is 0 Å². The molecule has 0 heterocycles. The zero-order chi connectivity index (χ0) is 9.19. The highest BCUT2D eigenvalue weighted by molar-refractivity contribution is 7.92. The van der Waals surface area contributed by atoms with Gasteiger partial charge in [0.1, 0.15) is 0 Å². The van der Waals surface area contributed by atoms with Crippen molar-refractivity contribution in [2.75, 3.05) is 11.0 Å². The van der Waals surface area contributed by atoms with E-state index in [-0.39, 0.29) is 0 Å². The quantitative estimate of drug-likeness (QED) is 0.792. The molecule has 65 valence electrons. The lowest BCUT2D eigenvalue weighted by Crippen LogP contribution is -2.09. The third-order valence-electron chi connectivity index (χ3n) is 1.14. The molecule has 1 aromatic carbocycles. The molecule has 0 unspecified atom stereocenters. The lowest BCUT2D eigenvalue weighted by molar-refractivity contribution is 0.607. The van der Waals surface area contributed by atoms with Crippen LogP contribution in [0.15, 0.2) is 29.2 Å². The van der Waals surface area contributed by atoms with E-state index in [2.05, 4.69) is 4.72 Å². The summed E-state index contributed by atoms with van der Waals surface area (Å²) >= 11 is 4.85. The minimum absolute atomic E-state index is 0.505. The zero-order valence-corrected chi connectivity index (χ0v) is 8.08. The molecule has 0 aliphatic carbocycles. The Balaban J connectivity index is 2.91. The number of hydrogen-bond donors (Lipinski definition) is 1. The highest BCUT2D eigenvalue weighted by Gasteiger charge is 2.00. The monoisotopic (exact) mass is 202 g/mol. The topological polar surface area (TPSA) is 46.2 Å². The summed E-state index contributed by atoms with van der Waals surface area (Å²) in [5.41, 5.74) is 0.505. The highest BCUT2D eigenvalue weighted by Crippen LogP contribution is 2.13. The maximum absolute atomic E-state index is 10.8. The van der Waals surface area contributed by atoms with E-state index in [0.29, 0.717) is 10.6 Å². The van der Waals surface area contributed by atoms with Crippen molar-refractivity contribution in [3.05, 3.63) is 24.3 Å². The van der Waals surface area contributed by atoms with E-state index in [1.165, 1.54) is 0 Å². The molecule has 1 radical (unpaired) electrons. The predicted octanol–water partition coefficient (Wildman–Crippen LogP) is 1.61. The van der Waals surface area contributed by atoms with E-state index in [1.807, 2.05) is 0 Å². The van der Waals surface area contributed by atoms with Crippen molar-refractivity contribution >= 4 is 28.3 Å². The van der Waals surface area contributed by atoms with Gasteiger partial charge in [-0.15, -0.1) is 0 Å². The number of anilines is 1. The molecule has 3 nitrogen and oxygen atoms in total. The Hall–Kier alpha value is -0.810. The standard InChI is InChI=1S/C7H8NO2S2/c1-12(9,10)8-6-3-2-4-7(11)5-6/h2-5,8H,1H3. The Kier molecular flexibility index (Phi) is 2.54. The summed E-state index contributed by atoms with van der Waals surface area (Å²) in [6, 6.07) is 6.67. The van der Waals surface area contributed by atoms with Crippen LogP contribution in [0.1, 0.15) is 0 Å². The largest absolute Gasteiger partial charge is 0.284 e. The van der Waals surface area contributed by atoms with Gasteiger partial charge in [-0.25, -0.2) is 8.42 Å². The average Bonchev–Trinajstić information content (AvgIpc) is 1.82. The van der Waals surface area contributed by atoms with Crippen LogP contribution in [0, 0.1) is 0 Å². The maximum Gasteiger partial charge on any atom is 0.229 e. The normalized spacial score (nSPS) is 11.1. The van der Waals surface area contributed by atoms with E-state index >= 15 is 0 Å². The van der Waals surface area contributed by atoms with Crippen molar-refractivity contribution in [3.63, 3.8) is 0 Å². The molecule has 12 heavy (non-hydrogen) atoms. The molecule has 0 bridgehead atoms. The van der Waals surface area contributed by atoms with Crippen LogP contribution in [0.4, 0.5) is 5.69 Å². The number of hydrogen-bond acceptors (Lipinski definition) is 2. The Bertz CT molecular complexity index is 373. The molecule has 1 aromatic rings. The van der Waals surface area contributed by atoms with Crippen molar-refractivity contribution in [2.24, 2.45) is 0 Å². The average molecular weight is 202 g/mol. The van der Waals surface area contributed by atoms with Crippen LogP contribution >= 0.6 is 12.6 Å². The predicted molar refractivity (Wildman–Crippen MR) is 50.8 cm³/mol. The van der Waals surface area contributed by atoms with Crippen LogP contribution in [0.25, 0.3) is 0 Å². The van der Waals surface area contributed by atoms with Crippen LogP contribution in [-0.4, -0.2) is 14.7 Å². The third-order valence-corrected chi connectivity index (χ3v) is 2.00. The molecule has 5 heteroatoms. The summed E-state index contributed by atoms with van der Waals surface area (Å²) in [5, 5.41) is 0. The molecule has 0 saturated heterocycles. The minimum atomic E-state index is -3.19. The van der Waals surface area contributed by atoms with Crippen LogP contribution < -0.4 is 4.72 Å². The fraction of sp³-hybridized carbons (Fsp3) is 0.143. The molecule has 0 aliphatic heterocycles. The second kappa shape index (κ2) is 3.28. The van der Waals surface area contributed by atoms with Gasteiger partial charge in [-0.3, -0.25) is 4.72 Å². The van der Waals surface area contributed by atoms with E-state index in [9.17, 15) is 8.42 Å². The van der Waals surface area contributed by atoms with Gasteiger partial charge in [0, 0.05) is 10.6 Å². The first-order chi connectivity index (χ1) is 5.47. The van der Waals surface area contributed by atoms with Crippen LogP contribution in [0.5, 0.6) is 0 Å². The Morgan fingerprint density at radius 2 is 2.08 bits per heavy atom. The Morgan fingerprint density at radius 1 is 1.42 bits per heavy atom. The first-order valence-corrected chi connectivity index (χ1v) is 5.52. The number of sulfonamides is 1. The maximum atomic E-state index is 10.8. The Morgan fingerprint density at radius 3 is 2.58 bits per heavy atom. The van der Waals surface area contributed by atoms with E-state index in [0.717, 1.165) is 6.26 Å². The minimum Gasteiger partial charge on any atom is -0.284 e. The smallest absolute Gasteiger partial charge is 0.229 e. The van der Waals surface area contributed by atoms with Crippen molar-refractivity contribution < 1.29 is 8.42 Å². The summed E-state index contributed by atoms with van der Waals surface area (Å²) in [5.74, 6) is 0. The van der Waals surface area contributed by atoms with E-state index in [1.54, 1.807) is 24.3 Å². The van der Waals surface area contributed by atoms with Gasteiger partial charge in [0.25, 0.3) is 0 Å². The summed E-state index contributed by atoms with van der Waals surface area (Å²) in [7, 11) is -3.19. The molecule has 0 atom stereocenters. The molecule has 0 aliphatic rings. The third kappa shape index (κ3) is 3.06. The van der Waals surface area contributed by atoms with Gasteiger partial charge in [-0.1, -0.05) is 18.7 Å². The van der Waals surface area contributed by atoms with Crippen LogP contribution in [0.2, 0.25) is 0 Å². The molecular formula is C7H8NO2S2. The fourth-order valence-corrected chi connectivity index (χ4v) is 1.53. The zero-order valence-electron chi connectivity index (χ0n) is 6.44. The molecule has 1 rings (SSSR count). The van der Waals surface area contributed by atoms with Crippen molar-refractivity contribution in [3.8, 4) is 0 Å². The van der Waals surface area contributed by atoms with Gasteiger partial charge in [0.05, 0.1) is 6.26 Å². The first-order valence-electron chi connectivity index (χ1n) is 3.22. The number of benzene rings is 1. The van der Waals surface area contributed by atoms with Gasteiger partial charge in [0.2, 0.25) is 10.0 Å². The highest BCUT2D eigenvalue weighted by atomic mass is 32.2. The number of rotatable bonds is 2. The molecule has 0 spiro atoms. The van der Waals surface area contributed by atoms with Crippen LogP contribution in [0.3, 0.4) is 0 Å². The van der Waals surface area contributed by atoms with Crippen molar-refractivity contribution in [2.45, 2.75) is 4.90 Å². The lowest BCUT2D eigenvalue weighted by Gasteiger charge is -2.02. The van der Waals surface area contributed by atoms with E-state index in [4.69, 9.17) is 12.6 Å². The molecule has 1 N–H and O–H groups in total. The van der Waals surface area contributed by atoms with E-state index < -0.39 is 10.0 Å². The SMILES string of the molecule is CS(=O)(=O)Nc1cccc([S])c1. The van der Waals surface area contributed by atoms with Crippen molar-refractivity contribution in [1.29, 1.82) is 0 Å². The Labute approximate surface area is 77.3 Å². The summed E-state index contributed by atoms with van der Waals surface area (Å²) in [4.78, 5) is 0.614. The molecule has 0 saturated carbocycles. The fourth-order valence-electron chi connectivity index (χ4n) is 0.774.